The lowest BCUT2D eigenvalue weighted by Gasteiger charge is -2.35. The summed E-state index contributed by atoms with van der Waals surface area (Å²) in [6.07, 6.45) is 0.0893. The van der Waals surface area contributed by atoms with E-state index in [0.717, 1.165) is 16.5 Å². The van der Waals surface area contributed by atoms with Crippen molar-refractivity contribution in [3.63, 3.8) is 0 Å². The standard InChI is InChI=1S/C27H19ClN2O5/c1-2-27(35-25(32)16-7-5-8-18(28)11-16)20-12-22-23-17(10-15-6-3-4-9-21(15)29-23)13-30(22)24(31)19(20)14-34-26(27)33/h3-12H,2,13-14H2,1H3/t27-/m0/s1. The lowest BCUT2D eigenvalue weighted by atomic mass is 9.85. The van der Waals surface area contributed by atoms with Crippen molar-refractivity contribution in [1.82, 2.24) is 9.55 Å². The molecule has 0 amide bonds. The van der Waals surface area contributed by atoms with Gasteiger partial charge < -0.3 is 14.0 Å². The van der Waals surface area contributed by atoms with Gasteiger partial charge in [0.1, 0.15) is 6.61 Å². The summed E-state index contributed by atoms with van der Waals surface area (Å²) in [5, 5.41) is 1.34. The van der Waals surface area contributed by atoms with Gasteiger partial charge in [0.05, 0.1) is 34.6 Å². The first-order chi connectivity index (χ1) is 16.9. The van der Waals surface area contributed by atoms with Crippen LogP contribution in [-0.4, -0.2) is 21.5 Å². The van der Waals surface area contributed by atoms with Crippen molar-refractivity contribution in [2.45, 2.75) is 32.1 Å². The van der Waals surface area contributed by atoms with Crippen LogP contribution in [0.4, 0.5) is 0 Å². The molecule has 1 atom stereocenters. The summed E-state index contributed by atoms with van der Waals surface area (Å²) in [6.45, 7) is 1.89. The minimum Gasteiger partial charge on any atom is -0.457 e. The van der Waals surface area contributed by atoms with Crippen LogP contribution in [0.2, 0.25) is 5.02 Å². The monoisotopic (exact) mass is 486 g/mol. The second-order valence-corrected chi connectivity index (χ2v) is 9.09. The predicted octanol–water partition coefficient (Wildman–Crippen LogP) is 4.60. The first kappa shape index (κ1) is 21.6. The molecule has 0 bridgehead atoms. The molecule has 0 N–H and O–H groups in total. The predicted molar refractivity (Wildman–Crippen MR) is 129 cm³/mol. The molecular formula is C27H19ClN2O5. The SMILES string of the molecule is CC[C@@]1(OC(=O)c2cccc(Cl)c2)C(=O)OCc2c1cc1n(c2=O)Cc2cc3ccccc3nc2-1. The molecule has 4 heterocycles. The highest BCUT2D eigenvalue weighted by Crippen LogP contribution is 2.41. The Balaban J connectivity index is 1.53. The number of aromatic nitrogens is 2. The Morgan fingerprint density at radius 2 is 1.97 bits per heavy atom. The van der Waals surface area contributed by atoms with Crippen LogP contribution in [0.1, 0.15) is 40.4 Å². The fourth-order valence-electron chi connectivity index (χ4n) is 4.92. The molecule has 7 nitrogen and oxygen atoms in total. The van der Waals surface area contributed by atoms with E-state index in [1.54, 1.807) is 35.8 Å². The van der Waals surface area contributed by atoms with Crippen LogP contribution in [0.5, 0.6) is 0 Å². The molecule has 0 radical (unpaired) electrons. The van der Waals surface area contributed by atoms with Crippen LogP contribution < -0.4 is 5.56 Å². The number of cyclic esters (lactones) is 1. The Morgan fingerprint density at radius 3 is 2.77 bits per heavy atom. The van der Waals surface area contributed by atoms with Crippen molar-refractivity contribution in [3.05, 3.63) is 98.3 Å². The molecule has 8 heteroatoms. The van der Waals surface area contributed by atoms with Crippen LogP contribution in [0, 0.1) is 0 Å². The molecule has 0 aliphatic carbocycles. The fraction of sp³-hybridized carbons (Fsp3) is 0.185. The summed E-state index contributed by atoms with van der Waals surface area (Å²) in [4.78, 5) is 44.6. The van der Waals surface area contributed by atoms with Gasteiger partial charge in [0, 0.05) is 21.5 Å². The van der Waals surface area contributed by atoms with Crippen molar-refractivity contribution in [2.24, 2.45) is 0 Å². The summed E-state index contributed by atoms with van der Waals surface area (Å²) in [6, 6.07) is 17.8. The molecule has 2 aliphatic heterocycles. The largest absolute Gasteiger partial charge is 0.457 e. The van der Waals surface area contributed by atoms with Crippen molar-refractivity contribution >= 4 is 34.4 Å². The van der Waals surface area contributed by atoms with Crippen molar-refractivity contribution < 1.29 is 19.1 Å². The normalized spacial score (nSPS) is 17.9. The maximum atomic E-state index is 13.6. The Kier molecular flexibility index (Phi) is 4.79. The maximum absolute atomic E-state index is 13.6. The molecule has 2 aromatic carbocycles. The van der Waals surface area contributed by atoms with Crippen LogP contribution in [0.15, 0.2) is 65.5 Å². The lowest BCUT2D eigenvalue weighted by molar-refractivity contribution is -0.173. The Labute approximate surface area is 204 Å². The molecule has 35 heavy (non-hydrogen) atoms. The van der Waals surface area contributed by atoms with E-state index in [4.69, 9.17) is 26.1 Å². The highest BCUT2D eigenvalue weighted by Gasteiger charge is 2.50. The number of hydrogen-bond acceptors (Lipinski definition) is 6. The number of benzene rings is 2. The summed E-state index contributed by atoms with van der Waals surface area (Å²) in [5.41, 5.74) is 1.75. The van der Waals surface area contributed by atoms with Crippen LogP contribution >= 0.6 is 11.6 Å². The van der Waals surface area contributed by atoms with Gasteiger partial charge >= 0.3 is 11.9 Å². The zero-order chi connectivity index (χ0) is 24.3. The van der Waals surface area contributed by atoms with Crippen molar-refractivity contribution in [2.75, 3.05) is 0 Å². The van der Waals surface area contributed by atoms with Gasteiger partial charge in [0.2, 0.25) is 5.60 Å². The lowest BCUT2D eigenvalue weighted by Crippen LogP contribution is -2.47. The highest BCUT2D eigenvalue weighted by atomic mass is 35.5. The molecule has 0 unspecified atom stereocenters. The van der Waals surface area contributed by atoms with Gasteiger partial charge in [-0.05, 0) is 42.8 Å². The van der Waals surface area contributed by atoms with E-state index in [0.29, 0.717) is 34.1 Å². The Morgan fingerprint density at radius 1 is 1.14 bits per heavy atom. The van der Waals surface area contributed by atoms with Crippen LogP contribution in [0.3, 0.4) is 0 Å². The second kappa shape index (κ2) is 7.78. The smallest absolute Gasteiger partial charge is 0.355 e. The first-order valence-corrected chi connectivity index (χ1v) is 11.6. The third kappa shape index (κ3) is 3.19. The number of nitrogens with zero attached hydrogens (tertiary/aromatic N) is 2. The molecule has 6 rings (SSSR count). The molecule has 0 fully saturated rings. The third-order valence-electron chi connectivity index (χ3n) is 6.71. The molecule has 2 aromatic heterocycles. The van der Waals surface area contributed by atoms with Gasteiger partial charge in [-0.2, -0.15) is 0 Å². The van der Waals surface area contributed by atoms with Crippen molar-refractivity contribution in [3.8, 4) is 11.4 Å². The van der Waals surface area contributed by atoms with Gasteiger partial charge in [0.25, 0.3) is 5.56 Å². The number of esters is 2. The van der Waals surface area contributed by atoms with E-state index in [1.807, 2.05) is 30.3 Å². The van der Waals surface area contributed by atoms with Gasteiger partial charge in [-0.15, -0.1) is 0 Å². The van der Waals surface area contributed by atoms with E-state index in [9.17, 15) is 14.4 Å². The minimum atomic E-state index is -1.76. The zero-order valence-electron chi connectivity index (χ0n) is 18.7. The van der Waals surface area contributed by atoms with Crippen LogP contribution in [0.25, 0.3) is 22.3 Å². The molecule has 0 saturated heterocycles. The molecule has 2 aliphatic rings. The summed E-state index contributed by atoms with van der Waals surface area (Å²) >= 11 is 6.03. The number of carbonyl (C=O) groups excluding carboxylic acids is 2. The van der Waals surface area contributed by atoms with Gasteiger partial charge in [-0.3, -0.25) is 4.79 Å². The van der Waals surface area contributed by atoms with E-state index in [-0.39, 0.29) is 24.2 Å². The van der Waals surface area contributed by atoms with E-state index in [1.165, 1.54) is 6.07 Å². The quantitative estimate of drug-likeness (QED) is 0.346. The highest BCUT2D eigenvalue weighted by molar-refractivity contribution is 6.30. The van der Waals surface area contributed by atoms with Gasteiger partial charge in [0.15, 0.2) is 0 Å². The third-order valence-corrected chi connectivity index (χ3v) is 6.95. The molecule has 0 saturated carbocycles. The topological polar surface area (TPSA) is 87.5 Å². The average molecular weight is 487 g/mol. The molecule has 0 spiro atoms. The molecule has 4 aromatic rings. The van der Waals surface area contributed by atoms with Gasteiger partial charge in [-0.1, -0.05) is 42.8 Å². The summed E-state index contributed by atoms with van der Waals surface area (Å²) in [7, 11) is 0. The maximum Gasteiger partial charge on any atom is 0.355 e. The minimum absolute atomic E-state index is 0.0893. The second-order valence-electron chi connectivity index (χ2n) is 8.66. The molecular weight excluding hydrogens is 468 g/mol. The fourth-order valence-corrected chi connectivity index (χ4v) is 5.11. The number of carbonyl (C=O) groups is 2. The first-order valence-electron chi connectivity index (χ1n) is 11.2. The Bertz CT molecular complexity index is 1630. The summed E-state index contributed by atoms with van der Waals surface area (Å²) in [5.74, 6) is -1.44. The zero-order valence-corrected chi connectivity index (χ0v) is 19.5. The van der Waals surface area contributed by atoms with E-state index in [2.05, 4.69) is 0 Å². The van der Waals surface area contributed by atoms with E-state index < -0.39 is 17.5 Å². The van der Waals surface area contributed by atoms with Crippen molar-refractivity contribution in [1.29, 1.82) is 0 Å². The van der Waals surface area contributed by atoms with E-state index >= 15 is 0 Å². The van der Waals surface area contributed by atoms with Gasteiger partial charge in [-0.25, -0.2) is 14.6 Å². The number of pyridine rings is 2. The number of hydrogen-bond donors (Lipinski definition) is 0. The number of rotatable bonds is 3. The number of fused-ring (bicyclic) bond motifs is 5. The number of ether oxygens (including phenoxy) is 2. The number of para-hydroxylation sites is 1. The average Bonchev–Trinajstić information content (AvgIpc) is 3.22. The molecule has 174 valence electrons. The summed E-state index contributed by atoms with van der Waals surface area (Å²) < 4.78 is 12.9. The van der Waals surface area contributed by atoms with Crippen LogP contribution in [-0.2, 0) is 33.0 Å². The Hall–Kier alpha value is -3.97. The number of halogens is 1.